The van der Waals surface area contributed by atoms with Crippen LogP contribution in [0.1, 0.15) is 6.42 Å². The molecular weight excluding hydrogens is 136 g/mol. The molecule has 5 heteroatoms. The van der Waals surface area contributed by atoms with E-state index in [1.54, 1.807) is 0 Å². The summed E-state index contributed by atoms with van der Waals surface area (Å²) in [5, 5.41) is 10.5. The molecule has 0 aromatic carbocycles. The first-order valence-electron chi connectivity index (χ1n) is 2.82. The standard InChI is InChI=1S/C5H10N2O3/c6-5(10)7-4(3-9)1-2-8/h3-4,8H,1-2H2,(H3,6,7,10). The number of nitrogens with two attached hydrogens (primary N) is 1. The first kappa shape index (κ1) is 8.90. The van der Waals surface area contributed by atoms with Crippen LogP contribution in [0, 0.1) is 0 Å². The number of carbonyl (C=O) groups is 2. The van der Waals surface area contributed by atoms with Crippen molar-refractivity contribution in [3.63, 3.8) is 0 Å². The molecule has 0 bridgehead atoms. The maximum absolute atomic E-state index is 10.1. The third kappa shape index (κ3) is 3.85. The van der Waals surface area contributed by atoms with Gasteiger partial charge in [-0.05, 0) is 6.42 Å². The Kier molecular flexibility index (Phi) is 4.23. The van der Waals surface area contributed by atoms with Crippen LogP contribution in [0.4, 0.5) is 4.79 Å². The van der Waals surface area contributed by atoms with Crippen LogP contribution < -0.4 is 11.1 Å². The van der Waals surface area contributed by atoms with Gasteiger partial charge in [-0.3, -0.25) is 0 Å². The highest BCUT2D eigenvalue weighted by Crippen LogP contribution is 1.84. The molecule has 0 fully saturated rings. The highest BCUT2D eigenvalue weighted by Gasteiger charge is 2.06. The minimum atomic E-state index is -0.759. The molecule has 0 radical (unpaired) electrons. The number of primary amides is 1. The quantitative estimate of drug-likeness (QED) is 0.426. The van der Waals surface area contributed by atoms with Crippen molar-refractivity contribution in [2.45, 2.75) is 12.5 Å². The molecule has 0 saturated heterocycles. The predicted octanol–water partition coefficient (Wildman–Crippen LogP) is -1.40. The van der Waals surface area contributed by atoms with E-state index in [0.29, 0.717) is 6.29 Å². The molecule has 5 nitrogen and oxygen atoms in total. The maximum atomic E-state index is 10.1. The van der Waals surface area contributed by atoms with Crippen LogP contribution in [-0.2, 0) is 4.79 Å². The smallest absolute Gasteiger partial charge is 0.312 e. The van der Waals surface area contributed by atoms with E-state index in [4.69, 9.17) is 10.8 Å². The van der Waals surface area contributed by atoms with Crippen molar-refractivity contribution >= 4 is 12.3 Å². The molecule has 1 unspecified atom stereocenters. The second-order valence-electron chi connectivity index (χ2n) is 1.76. The molecule has 0 aliphatic carbocycles. The number of nitrogens with one attached hydrogen (secondary N) is 1. The van der Waals surface area contributed by atoms with Crippen molar-refractivity contribution in [1.82, 2.24) is 5.32 Å². The summed E-state index contributed by atoms with van der Waals surface area (Å²) in [6, 6.07) is -1.42. The van der Waals surface area contributed by atoms with Crippen LogP contribution in [0.3, 0.4) is 0 Å². The summed E-state index contributed by atoms with van der Waals surface area (Å²) in [4.78, 5) is 20.2. The Morgan fingerprint density at radius 1 is 1.80 bits per heavy atom. The number of urea groups is 1. The summed E-state index contributed by atoms with van der Waals surface area (Å²) in [6.45, 7) is -0.149. The lowest BCUT2D eigenvalue weighted by Gasteiger charge is -2.07. The summed E-state index contributed by atoms with van der Waals surface area (Å²) in [7, 11) is 0. The third-order valence-corrected chi connectivity index (χ3v) is 0.932. The second kappa shape index (κ2) is 4.75. The van der Waals surface area contributed by atoms with Crippen LogP contribution in [0.25, 0.3) is 0 Å². The first-order valence-corrected chi connectivity index (χ1v) is 2.82. The average Bonchev–Trinajstić information content (AvgIpc) is 1.86. The van der Waals surface area contributed by atoms with Crippen molar-refractivity contribution in [3.05, 3.63) is 0 Å². The number of amides is 2. The SMILES string of the molecule is NC(=O)NC(C=O)CCO. The van der Waals surface area contributed by atoms with E-state index < -0.39 is 12.1 Å². The van der Waals surface area contributed by atoms with E-state index in [-0.39, 0.29) is 13.0 Å². The van der Waals surface area contributed by atoms with Gasteiger partial charge in [-0.15, -0.1) is 0 Å². The van der Waals surface area contributed by atoms with Gasteiger partial charge in [0, 0.05) is 6.61 Å². The molecular formula is C5H10N2O3. The fourth-order valence-corrected chi connectivity index (χ4v) is 0.496. The zero-order valence-electron chi connectivity index (χ0n) is 5.41. The van der Waals surface area contributed by atoms with Crippen molar-refractivity contribution in [1.29, 1.82) is 0 Å². The molecule has 0 aliphatic rings. The van der Waals surface area contributed by atoms with Crippen LogP contribution >= 0.6 is 0 Å². The van der Waals surface area contributed by atoms with Crippen molar-refractivity contribution in [2.75, 3.05) is 6.61 Å². The van der Waals surface area contributed by atoms with E-state index >= 15 is 0 Å². The summed E-state index contributed by atoms with van der Waals surface area (Å²) in [5.74, 6) is 0. The van der Waals surface area contributed by atoms with Gasteiger partial charge in [0.25, 0.3) is 0 Å². The normalized spacial score (nSPS) is 12.1. The third-order valence-electron chi connectivity index (χ3n) is 0.932. The molecule has 0 saturated carbocycles. The van der Waals surface area contributed by atoms with Crippen molar-refractivity contribution in [2.24, 2.45) is 5.73 Å². The topological polar surface area (TPSA) is 92.4 Å². The van der Waals surface area contributed by atoms with Gasteiger partial charge in [0.15, 0.2) is 0 Å². The number of carbonyl (C=O) groups excluding carboxylic acids is 2. The molecule has 0 aromatic heterocycles. The summed E-state index contributed by atoms with van der Waals surface area (Å²) >= 11 is 0. The molecule has 0 spiro atoms. The fraction of sp³-hybridized carbons (Fsp3) is 0.600. The zero-order chi connectivity index (χ0) is 7.98. The predicted molar refractivity (Wildman–Crippen MR) is 34.3 cm³/mol. The second-order valence-corrected chi connectivity index (χ2v) is 1.76. The number of hydrogen-bond donors (Lipinski definition) is 3. The molecule has 0 aromatic rings. The number of aldehydes is 1. The van der Waals surface area contributed by atoms with Crippen LogP contribution in [0.15, 0.2) is 0 Å². The van der Waals surface area contributed by atoms with Gasteiger partial charge in [-0.1, -0.05) is 0 Å². The number of aliphatic hydroxyl groups excluding tert-OH is 1. The monoisotopic (exact) mass is 146 g/mol. The van der Waals surface area contributed by atoms with Crippen molar-refractivity contribution in [3.8, 4) is 0 Å². The number of rotatable bonds is 4. The van der Waals surface area contributed by atoms with E-state index in [2.05, 4.69) is 5.32 Å². The van der Waals surface area contributed by atoms with Crippen LogP contribution in [-0.4, -0.2) is 30.1 Å². The Labute approximate surface area is 58.2 Å². The zero-order valence-corrected chi connectivity index (χ0v) is 5.41. The molecule has 58 valence electrons. The van der Waals surface area contributed by atoms with Gasteiger partial charge in [-0.2, -0.15) is 0 Å². The van der Waals surface area contributed by atoms with Crippen LogP contribution in [0.5, 0.6) is 0 Å². The Morgan fingerprint density at radius 3 is 2.70 bits per heavy atom. The van der Waals surface area contributed by atoms with E-state index in [1.807, 2.05) is 0 Å². The lowest BCUT2D eigenvalue weighted by atomic mass is 10.2. The summed E-state index contributed by atoms with van der Waals surface area (Å²) in [5.41, 5.74) is 4.71. The minimum Gasteiger partial charge on any atom is -0.396 e. The molecule has 1 atom stereocenters. The lowest BCUT2D eigenvalue weighted by molar-refractivity contribution is -0.109. The van der Waals surface area contributed by atoms with Gasteiger partial charge < -0.3 is 21.0 Å². The molecule has 0 rings (SSSR count). The van der Waals surface area contributed by atoms with Gasteiger partial charge >= 0.3 is 6.03 Å². The Morgan fingerprint density at radius 2 is 2.40 bits per heavy atom. The molecule has 0 heterocycles. The van der Waals surface area contributed by atoms with E-state index in [0.717, 1.165) is 0 Å². The van der Waals surface area contributed by atoms with Gasteiger partial charge in [0.1, 0.15) is 6.29 Å². The molecule has 2 amide bonds. The van der Waals surface area contributed by atoms with Gasteiger partial charge in [0.05, 0.1) is 6.04 Å². The Bertz CT molecular complexity index is 126. The molecule has 10 heavy (non-hydrogen) atoms. The van der Waals surface area contributed by atoms with Gasteiger partial charge in [0.2, 0.25) is 0 Å². The molecule has 0 aliphatic heterocycles. The Balaban J connectivity index is 3.59. The maximum Gasteiger partial charge on any atom is 0.312 e. The highest BCUT2D eigenvalue weighted by molar-refractivity contribution is 5.76. The van der Waals surface area contributed by atoms with Crippen LogP contribution in [0.2, 0.25) is 0 Å². The fourth-order valence-electron chi connectivity index (χ4n) is 0.496. The number of aliphatic hydroxyl groups is 1. The largest absolute Gasteiger partial charge is 0.396 e. The Hall–Kier alpha value is -1.10. The van der Waals surface area contributed by atoms with E-state index in [9.17, 15) is 9.59 Å². The average molecular weight is 146 g/mol. The van der Waals surface area contributed by atoms with E-state index in [1.165, 1.54) is 0 Å². The molecule has 4 N–H and O–H groups in total. The first-order chi connectivity index (χ1) is 4.70. The van der Waals surface area contributed by atoms with Gasteiger partial charge in [-0.25, -0.2) is 4.79 Å². The summed E-state index contributed by atoms with van der Waals surface area (Å²) in [6.07, 6.45) is 0.730. The summed E-state index contributed by atoms with van der Waals surface area (Å²) < 4.78 is 0. The lowest BCUT2D eigenvalue weighted by Crippen LogP contribution is -2.40. The highest BCUT2D eigenvalue weighted by atomic mass is 16.3. The van der Waals surface area contributed by atoms with Crippen molar-refractivity contribution < 1.29 is 14.7 Å². The minimum absolute atomic E-state index is 0.149. The number of hydrogen-bond acceptors (Lipinski definition) is 3.